The van der Waals surface area contributed by atoms with Gasteiger partial charge in [-0.15, -0.1) is 0 Å². The minimum Gasteiger partial charge on any atom is -0.378 e. The van der Waals surface area contributed by atoms with Gasteiger partial charge in [0, 0.05) is 13.2 Å². The number of unbranched alkanes of at least 4 members (excludes halogenated alkanes) is 5. The smallest absolute Gasteiger partial charge is 0.0575 e. The molecule has 0 N–H and O–H groups in total. The number of benzene rings is 1. The van der Waals surface area contributed by atoms with Gasteiger partial charge in [0.15, 0.2) is 0 Å². The first-order valence-corrected chi connectivity index (χ1v) is 12.6. The maximum absolute atomic E-state index is 6.35. The van der Waals surface area contributed by atoms with Crippen LogP contribution in [-0.4, -0.2) is 25.4 Å². The fraction of sp³-hybridized carbons (Fsp3) is 0.778. The molecule has 0 bridgehead atoms. The molecule has 2 aliphatic rings. The molecule has 1 aromatic rings. The van der Waals surface area contributed by atoms with E-state index in [1.165, 1.54) is 95.5 Å². The van der Waals surface area contributed by atoms with Crippen LogP contribution >= 0.6 is 0 Å². The Kier molecular flexibility index (Phi) is 10.6. The summed E-state index contributed by atoms with van der Waals surface area (Å²) in [5.74, 6) is 1.51. The van der Waals surface area contributed by atoms with Gasteiger partial charge in [-0.25, -0.2) is 0 Å². The molecule has 29 heavy (non-hydrogen) atoms. The van der Waals surface area contributed by atoms with Crippen LogP contribution in [0.3, 0.4) is 0 Å². The normalized spacial score (nSPS) is 27.8. The van der Waals surface area contributed by atoms with E-state index in [2.05, 4.69) is 37.3 Å². The van der Waals surface area contributed by atoms with Crippen LogP contribution in [0, 0.1) is 5.92 Å². The third kappa shape index (κ3) is 8.42. The van der Waals surface area contributed by atoms with Crippen molar-refractivity contribution in [1.82, 2.24) is 0 Å². The quantitative estimate of drug-likeness (QED) is 0.335. The molecule has 0 atom stereocenters. The van der Waals surface area contributed by atoms with E-state index in [1.54, 1.807) is 0 Å². The van der Waals surface area contributed by atoms with Gasteiger partial charge in [-0.05, 0) is 75.2 Å². The van der Waals surface area contributed by atoms with Crippen molar-refractivity contribution in [2.45, 2.75) is 115 Å². The summed E-state index contributed by atoms with van der Waals surface area (Å²) in [6.07, 6.45) is 19.2. The lowest BCUT2D eigenvalue weighted by atomic mass is 9.82. The monoisotopic (exact) mass is 400 g/mol. The van der Waals surface area contributed by atoms with Crippen molar-refractivity contribution >= 4 is 0 Å². The van der Waals surface area contributed by atoms with Crippen molar-refractivity contribution in [3.05, 3.63) is 35.9 Å². The molecule has 0 unspecified atom stereocenters. The van der Waals surface area contributed by atoms with Gasteiger partial charge in [0.2, 0.25) is 0 Å². The van der Waals surface area contributed by atoms with E-state index in [0.717, 1.165) is 25.0 Å². The summed E-state index contributed by atoms with van der Waals surface area (Å²) in [5, 5.41) is 0. The molecule has 0 radical (unpaired) electrons. The number of rotatable bonds is 12. The van der Waals surface area contributed by atoms with Gasteiger partial charge >= 0.3 is 0 Å². The maximum Gasteiger partial charge on any atom is 0.0575 e. The molecule has 0 heterocycles. The first-order valence-electron chi connectivity index (χ1n) is 12.6. The Balaban J connectivity index is 1.20. The molecule has 0 amide bonds. The lowest BCUT2D eigenvalue weighted by molar-refractivity contribution is -0.0257. The fourth-order valence-corrected chi connectivity index (χ4v) is 5.16. The van der Waals surface area contributed by atoms with Gasteiger partial charge in [0.25, 0.3) is 0 Å². The predicted molar refractivity (Wildman–Crippen MR) is 122 cm³/mol. The Bertz CT molecular complexity index is 513. The molecular weight excluding hydrogens is 356 g/mol. The summed E-state index contributed by atoms with van der Waals surface area (Å²) in [4.78, 5) is 0. The second-order valence-electron chi connectivity index (χ2n) is 9.50. The zero-order chi connectivity index (χ0) is 20.2. The Hall–Kier alpha value is -0.860. The third-order valence-corrected chi connectivity index (χ3v) is 7.16. The molecule has 0 aromatic heterocycles. The molecule has 0 spiro atoms. The number of hydrogen-bond acceptors (Lipinski definition) is 2. The summed E-state index contributed by atoms with van der Waals surface area (Å²) in [6.45, 7) is 4.23. The highest BCUT2D eigenvalue weighted by atomic mass is 16.5. The minimum absolute atomic E-state index is 0.497. The molecule has 1 aromatic carbocycles. The molecule has 2 fully saturated rings. The van der Waals surface area contributed by atoms with Crippen molar-refractivity contribution in [3.8, 4) is 0 Å². The lowest BCUT2D eigenvalue weighted by Crippen LogP contribution is -2.27. The molecule has 0 saturated heterocycles. The molecule has 2 aliphatic carbocycles. The average molecular weight is 401 g/mol. The van der Waals surface area contributed by atoms with E-state index in [1.807, 2.05) is 0 Å². The topological polar surface area (TPSA) is 18.5 Å². The van der Waals surface area contributed by atoms with E-state index < -0.39 is 0 Å². The van der Waals surface area contributed by atoms with E-state index >= 15 is 0 Å². The Morgan fingerprint density at radius 3 is 2.03 bits per heavy atom. The van der Waals surface area contributed by atoms with Gasteiger partial charge in [-0.1, -0.05) is 69.4 Å². The van der Waals surface area contributed by atoms with Crippen LogP contribution in [0.2, 0.25) is 0 Å². The van der Waals surface area contributed by atoms with Gasteiger partial charge < -0.3 is 9.47 Å². The van der Waals surface area contributed by atoms with Crippen LogP contribution in [0.15, 0.2) is 30.3 Å². The van der Waals surface area contributed by atoms with Gasteiger partial charge in [-0.3, -0.25) is 0 Å². The second-order valence-corrected chi connectivity index (χ2v) is 9.50. The fourth-order valence-electron chi connectivity index (χ4n) is 5.16. The Morgan fingerprint density at radius 2 is 1.31 bits per heavy atom. The minimum atomic E-state index is 0.497. The average Bonchev–Trinajstić information content (AvgIpc) is 2.79. The summed E-state index contributed by atoms with van der Waals surface area (Å²) < 4.78 is 12.5. The van der Waals surface area contributed by atoms with Gasteiger partial charge in [-0.2, -0.15) is 0 Å². The largest absolute Gasteiger partial charge is 0.378 e. The highest BCUT2D eigenvalue weighted by Gasteiger charge is 2.25. The van der Waals surface area contributed by atoms with Crippen LogP contribution < -0.4 is 0 Å². The first kappa shape index (κ1) is 22.8. The van der Waals surface area contributed by atoms with Crippen LogP contribution in [0.5, 0.6) is 0 Å². The van der Waals surface area contributed by atoms with Crippen molar-refractivity contribution in [2.24, 2.45) is 5.92 Å². The van der Waals surface area contributed by atoms with Gasteiger partial charge in [0.1, 0.15) is 0 Å². The van der Waals surface area contributed by atoms with E-state index in [4.69, 9.17) is 9.47 Å². The van der Waals surface area contributed by atoms with Crippen LogP contribution in [-0.2, 0) is 9.47 Å². The highest BCUT2D eigenvalue weighted by Crippen LogP contribution is 2.35. The Labute approximate surface area is 179 Å². The van der Waals surface area contributed by atoms with Crippen molar-refractivity contribution in [3.63, 3.8) is 0 Å². The molecule has 2 nitrogen and oxygen atoms in total. The van der Waals surface area contributed by atoms with E-state index in [-0.39, 0.29) is 0 Å². The zero-order valence-corrected chi connectivity index (χ0v) is 18.8. The Morgan fingerprint density at radius 1 is 0.690 bits per heavy atom. The van der Waals surface area contributed by atoms with Crippen molar-refractivity contribution in [2.75, 3.05) is 13.2 Å². The van der Waals surface area contributed by atoms with E-state index in [0.29, 0.717) is 12.2 Å². The summed E-state index contributed by atoms with van der Waals surface area (Å²) in [7, 11) is 0. The van der Waals surface area contributed by atoms with Crippen LogP contribution in [0.25, 0.3) is 0 Å². The molecular formula is C27H44O2. The van der Waals surface area contributed by atoms with Crippen molar-refractivity contribution < 1.29 is 9.47 Å². The van der Waals surface area contributed by atoms with Crippen LogP contribution in [0.4, 0.5) is 0 Å². The molecule has 2 heteroatoms. The standard InChI is InChI=1S/C27H44O2/c1-2-3-4-5-6-10-21-28-26-17-13-23(14-18-26)22-29-27-19-15-25(16-20-27)24-11-8-7-9-12-24/h7-9,11-12,23,25-27H,2-6,10,13-22H2,1H3/t23-,25-,26-,27-. The van der Waals surface area contributed by atoms with Crippen molar-refractivity contribution in [1.29, 1.82) is 0 Å². The summed E-state index contributed by atoms with van der Waals surface area (Å²) in [5.41, 5.74) is 1.52. The molecule has 2 saturated carbocycles. The molecule has 0 aliphatic heterocycles. The maximum atomic E-state index is 6.35. The SMILES string of the molecule is CCCCCCCCO[C@H]1CC[C@H](CO[C@H]2CC[C@H](c3ccccc3)CC2)CC1. The number of hydrogen-bond donors (Lipinski definition) is 0. The summed E-state index contributed by atoms with van der Waals surface area (Å²) >= 11 is 0. The third-order valence-electron chi connectivity index (χ3n) is 7.16. The number of ether oxygens (including phenoxy) is 2. The predicted octanol–water partition coefficient (Wildman–Crippen LogP) is 7.67. The van der Waals surface area contributed by atoms with E-state index in [9.17, 15) is 0 Å². The van der Waals surface area contributed by atoms with Gasteiger partial charge in [0.05, 0.1) is 12.2 Å². The first-order chi connectivity index (χ1) is 14.3. The molecule has 164 valence electrons. The lowest BCUT2D eigenvalue weighted by Gasteiger charge is -2.32. The second kappa shape index (κ2) is 13.4. The highest BCUT2D eigenvalue weighted by molar-refractivity contribution is 5.19. The zero-order valence-electron chi connectivity index (χ0n) is 18.8. The summed E-state index contributed by atoms with van der Waals surface area (Å²) in [6, 6.07) is 11.0. The van der Waals surface area contributed by atoms with Crippen LogP contribution in [0.1, 0.15) is 108 Å². The molecule has 3 rings (SSSR count).